The summed E-state index contributed by atoms with van der Waals surface area (Å²) >= 11 is 0. The highest BCUT2D eigenvalue weighted by Gasteiger charge is 2.31. The van der Waals surface area contributed by atoms with Crippen molar-refractivity contribution in [2.75, 3.05) is 26.5 Å². The molecule has 1 unspecified atom stereocenters. The molecule has 1 saturated heterocycles. The van der Waals surface area contributed by atoms with Gasteiger partial charge in [0.15, 0.2) is 0 Å². The maximum Gasteiger partial charge on any atom is 0.211 e. The van der Waals surface area contributed by atoms with Crippen LogP contribution < -0.4 is 10.1 Å². The first-order valence-electron chi connectivity index (χ1n) is 7.67. The average molecular weight is 326 g/mol. The zero-order valence-corrected chi connectivity index (χ0v) is 14.6. The molecular formula is C16H26N2O3S. The third kappa shape index (κ3) is 4.00. The van der Waals surface area contributed by atoms with Crippen LogP contribution in [-0.4, -0.2) is 45.2 Å². The van der Waals surface area contributed by atoms with E-state index < -0.39 is 10.0 Å². The zero-order chi connectivity index (χ0) is 16.3. The van der Waals surface area contributed by atoms with E-state index in [1.807, 2.05) is 12.1 Å². The van der Waals surface area contributed by atoms with Gasteiger partial charge in [-0.1, -0.05) is 17.7 Å². The summed E-state index contributed by atoms with van der Waals surface area (Å²) < 4.78 is 30.6. The summed E-state index contributed by atoms with van der Waals surface area (Å²) in [6.45, 7) is 5.42. The number of methoxy groups -OCH3 is 1. The standard InChI is InChI=1S/C16H26N2O3S/c1-12-7-8-16(21-3)15(10-12)13(2)17-11-14-6-5-9-18(14)22(4,19)20/h7-8,10,13-14,17H,5-6,9,11H2,1-4H3/t13?,14-/m1/s1. The molecule has 5 nitrogen and oxygen atoms in total. The van der Waals surface area contributed by atoms with Crippen LogP contribution in [0.4, 0.5) is 0 Å². The van der Waals surface area contributed by atoms with Crippen molar-refractivity contribution < 1.29 is 13.2 Å². The van der Waals surface area contributed by atoms with Crippen LogP contribution >= 0.6 is 0 Å². The van der Waals surface area contributed by atoms with Crippen LogP contribution in [0, 0.1) is 6.92 Å². The molecule has 0 radical (unpaired) electrons. The minimum Gasteiger partial charge on any atom is -0.496 e. The summed E-state index contributed by atoms with van der Waals surface area (Å²) in [6, 6.07) is 6.27. The van der Waals surface area contributed by atoms with E-state index in [1.54, 1.807) is 11.4 Å². The van der Waals surface area contributed by atoms with Crippen molar-refractivity contribution in [2.24, 2.45) is 0 Å². The summed E-state index contributed by atoms with van der Waals surface area (Å²) in [4.78, 5) is 0. The smallest absolute Gasteiger partial charge is 0.211 e. The average Bonchev–Trinajstić information content (AvgIpc) is 2.93. The predicted molar refractivity (Wildman–Crippen MR) is 88.7 cm³/mol. The molecule has 1 fully saturated rings. The number of hydrogen-bond donors (Lipinski definition) is 1. The number of nitrogens with one attached hydrogen (secondary N) is 1. The summed E-state index contributed by atoms with van der Waals surface area (Å²) in [6.07, 6.45) is 3.14. The van der Waals surface area contributed by atoms with E-state index in [0.717, 1.165) is 24.2 Å². The summed E-state index contributed by atoms with van der Waals surface area (Å²) in [7, 11) is -1.45. The number of hydrogen-bond acceptors (Lipinski definition) is 4. The van der Waals surface area contributed by atoms with E-state index in [2.05, 4.69) is 25.2 Å². The summed E-state index contributed by atoms with van der Waals surface area (Å²) in [5.74, 6) is 0.858. The molecule has 1 N–H and O–H groups in total. The van der Waals surface area contributed by atoms with Crippen LogP contribution in [0.5, 0.6) is 5.75 Å². The molecule has 0 amide bonds. The van der Waals surface area contributed by atoms with Gasteiger partial charge in [-0.05, 0) is 32.8 Å². The van der Waals surface area contributed by atoms with Crippen molar-refractivity contribution in [3.63, 3.8) is 0 Å². The van der Waals surface area contributed by atoms with Crippen LogP contribution in [-0.2, 0) is 10.0 Å². The lowest BCUT2D eigenvalue weighted by Crippen LogP contribution is -2.41. The van der Waals surface area contributed by atoms with Crippen molar-refractivity contribution in [2.45, 2.75) is 38.8 Å². The van der Waals surface area contributed by atoms with E-state index in [1.165, 1.54) is 11.8 Å². The van der Waals surface area contributed by atoms with Gasteiger partial charge in [0.2, 0.25) is 10.0 Å². The molecule has 6 heteroatoms. The van der Waals surface area contributed by atoms with Crippen LogP contribution in [0.1, 0.15) is 36.9 Å². The maximum absolute atomic E-state index is 11.8. The molecule has 2 rings (SSSR count). The van der Waals surface area contributed by atoms with Crippen molar-refractivity contribution in [3.8, 4) is 5.75 Å². The van der Waals surface area contributed by atoms with Crippen molar-refractivity contribution in [1.29, 1.82) is 0 Å². The molecule has 22 heavy (non-hydrogen) atoms. The van der Waals surface area contributed by atoms with Gasteiger partial charge in [-0.15, -0.1) is 0 Å². The molecule has 0 spiro atoms. The number of rotatable bonds is 6. The van der Waals surface area contributed by atoms with Gasteiger partial charge < -0.3 is 10.1 Å². The minimum absolute atomic E-state index is 0.0493. The number of nitrogens with zero attached hydrogens (tertiary/aromatic N) is 1. The van der Waals surface area contributed by atoms with E-state index >= 15 is 0 Å². The molecule has 0 bridgehead atoms. The minimum atomic E-state index is -3.12. The fraction of sp³-hybridized carbons (Fsp3) is 0.625. The van der Waals surface area contributed by atoms with Crippen LogP contribution in [0.25, 0.3) is 0 Å². The van der Waals surface area contributed by atoms with Gasteiger partial charge >= 0.3 is 0 Å². The van der Waals surface area contributed by atoms with Gasteiger partial charge in [0.1, 0.15) is 5.75 Å². The normalized spacial score (nSPS) is 21.0. The second-order valence-corrected chi connectivity index (χ2v) is 7.98. The molecule has 1 heterocycles. The number of ether oxygens (including phenoxy) is 1. The Balaban J connectivity index is 2.04. The Morgan fingerprint density at radius 1 is 1.45 bits per heavy atom. The van der Waals surface area contributed by atoms with E-state index in [9.17, 15) is 8.42 Å². The maximum atomic E-state index is 11.8. The number of aryl methyl sites for hydroxylation is 1. The molecule has 124 valence electrons. The summed E-state index contributed by atoms with van der Waals surface area (Å²) in [5.41, 5.74) is 2.29. The fourth-order valence-electron chi connectivity index (χ4n) is 3.06. The van der Waals surface area contributed by atoms with Crippen molar-refractivity contribution in [3.05, 3.63) is 29.3 Å². The van der Waals surface area contributed by atoms with Crippen molar-refractivity contribution >= 4 is 10.0 Å². The van der Waals surface area contributed by atoms with E-state index in [4.69, 9.17) is 4.74 Å². The molecule has 0 aliphatic carbocycles. The van der Waals surface area contributed by atoms with Crippen molar-refractivity contribution in [1.82, 2.24) is 9.62 Å². The molecule has 1 aromatic rings. The SMILES string of the molecule is COc1ccc(C)cc1C(C)NC[C@H]1CCCN1S(C)(=O)=O. The molecule has 1 aliphatic heterocycles. The third-order valence-corrected chi connectivity index (χ3v) is 5.59. The topological polar surface area (TPSA) is 58.6 Å². The highest BCUT2D eigenvalue weighted by molar-refractivity contribution is 7.88. The Kier molecular flexibility index (Phi) is 5.47. The van der Waals surface area contributed by atoms with Gasteiger partial charge in [-0.2, -0.15) is 4.31 Å². The Morgan fingerprint density at radius 3 is 2.82 bits per heavy atom. The van der Waals surface area contributed by atoms with Gasteiger partial charge in [0.05, 0.1) is 13.4 Å². The lowest BCUT2D eigenvalue weighted by atomic mass is 10.0. The lowest BCUT2D eigenvalue weighted by Gasteiger charge is -2.25. The molecule has 2 atom stereocenters. The molecular weight excluding hydrogens is 300 g/mol. The monoisotopic (exact) mass is 326 g/mol. The Hall–Kier alpha value is -1.11. The van der Waals surface area contributed by atoms with Crippen LogP contribution in [0.2, 0.25) is 0 Å². The van der Waals surface area contributed by atoms with Gasteiger partial charge in [0, 0.05) is 30.7 Å². The van der Waals surface area contributed by atoms with Gasteiger partial charge in [-0.3, -0.25) is 0 Å². The Bertz CT molecular complexity index is 616. The largest absolute Gasteiger partial charge is 0.496 e. The number of sulfonamides is 1. The molecule has 1 aliphatic rings. The zero-order valence-electron chi connectivity index (χ0n) is 13.8. The fourth-order valence-corrected chi connectivity index (χ4v) is 4.25. The summed E-state index contributed by atoms with van der Waals surface area (Å²) in [5, 5.41) is 3.46. The highest BCUT2D eigenvalue weighted by Crippen LogP contribution is 2.27. The second kappa shape index (κ2) is 6.98. The first-order valence-corrected chi connectivity index (χ1v) is 9.52. The Labute approximate surface area is 133 Å². The van der Waals surface area contributed by atoms with Gasteiger partial charge in [0.25, 0.3) is 0 Å². The molecule has 0 saturated carbocycles. The third-order valence-electron chi connectivity index (χ3n) is 4.26. The van der Waals surface area contributed by atoms with Gasteiger partial charge in [-0.25, -0.2) is 8.42 Å². The first-order chi connectivity index (χ1) is 10.3. The first kappa shape index (κ1) is 17.2. The van der Waals surface area contributed by atoms with E-state index in [0.29, 0.717) is 13.1 Å². The molecule has 0 aromatic heterocycles. The quantitative estimate of drug-likeness (QED) is 0.869. The highest BCUT2D eigenvalue weighted by atomic mass is 32.2. The second-order valence-electron chi connectivity index (χ2n) is 6.05. The Morgan fingerprint density at radius 2 is 2.18 bits per heavy atom. The lowest BCUT2D eigenvalue weighted by molar-refractivity contribution is 0.357. The number of benzene rings is 1. The van der Waals surface area contributed by atoms with Crippen LogP contribution in [0.3, 0.4) is 0 Å². The van der Waals surface area contributed by atoms with Crippen LogP contribution in [0.15, 0.2) is 18.2 Å². The predicted octanol–water partition coefficient (Wildman–Crippen LogP) is 2.08. The van der Waals surface area contributed by atoms with E-state index in [-0.39, 0.29) is 12.1 Å². The molecule has 1 aromatic carbocycles.